The number of aryl methyl sites for hydroxylation is 1. The van der Waals surface area contributed by atoms with Crippen LogP contribution in [0.15, 0.2) is 17.1 Å². The molecular weight excluding hydrogens is 296 g/mol. The molecule has 1 aliphatic rings. The van der Waals surface area contributed by atoms with E-state index in [9.17, 15) is 9.59 Å². The lowest BCUT2D eigenvalue weighted by Gasteiger charge is -2.16. The van der Waals surface area contributed by atoms with Crippen LogP contribution < -0.4 is 5.43 Å². The van der Waals surface area contributed by atoms with Gasteiger partial charge in [-0.2, -0.15) is 0 Å². The van der Waals surface area contributed by atoms with Crippen LogP contribution in [0.5, 0.6) is 0 Å². The topological polar surface area (TPSA) is 53.2 Å². The summed E-state index contributed by atoms with van der Waals surface area (Å²) in [6.45, 7) is 3.32. The quantitative estimate of drug-likeness (QED) is 0.867. The second-order valence-electron chi connectivity index (χ2n) is 4.78. The molecule has 0 bridgehead atoms. The number of likely N-dealkylation sites (tertiary alicyclic amines) is 1. The molecule has 2 rings (SSSR count). The van der Waals surface area contributed by atoms with Crippen LogP contribution in [-0.4, -0.2) is 34.2 Å². The molecule has 5 heteroatoms. The van der Waals surface area contributed by atoms with Gasteiger partial charge in [0.15, 0.2) is 5.43 Å². The van der Waals surface area contributed by atoms with E-state index in [0.717, 1.165) is 37.0 Å². The third kappa shape index (κ3) is 2.83. The van der Waals surface area contributed by atoms with Crippen molar-refractivity contribution in [3.05, 3.63) is 33.7 Å². The maximum absolute atomic E-state index is 12.2. The molecule has 0 aromatic carbocycles. The summed E-state index contributed by atoms with van der Waals surface area (Å²) in [6.07, 6.45) is 3.63. The number of amides is 1. The maximum Gasteiger partial charge on any atom is 0.259 e. The van der Waals surface area contributed by atoms with Crippen molar-refractivity contribution in [2.45, 2.75) is 19.8 Å². The lowest BCUT2D eigenvalue weighted by Crippen LogP contribution is -2.32. The summed E-state index contributed by atoms with van der Waals surface area (Å²) in [6, 6.07) is 1.47. The Bertz CT molecular complexity index is 498. The zero-order chi connectivity index (χ0) is 13.1. The maximum atomic E-state index is 12.2. The summed E-state index contributed by atoms with van der Waals surface area (Å²) in [5, 5.41) is 0.963. The summed E-state index contributed by atoms with van der Waals surface area (Å²) < 4.78 is 0. The fourth-order valence-corrected chi connectivity index (χ4v) is 2.97. The average Bonchev–Trinajstić information content (AvgIpc) is 2.77. The normalized spacial score (nSPS) is 19.2. The van der Waals surface area contributed by atoms with Gasteiger partial charge in [-0.1, -0.05) is 15.9 Å². The van der Waals surface area contributed by atoms with Crippen molar-refractivity contribution in [3.8, 4) is 0 Å². The van der Waals surface area contributed by atoms with Crippen LogP contribution in [0.2, 0.25) is 0 Å². The van der Waals surface area contributed by atoms with Crippen LogP contribution in [0.3, 0.4) is 0 Å². The van der Waals surface area contributed by atoms with Crippen LogP contribution in [0, 0.1) is 12.8 Å². The molecule has 0 aliphatic carbocycles. The van der Waals surface area contributed by atoms with Crippen LogP contribution in [-0.2, 0) is 0 Å². The van der Waals surface area contributed by atoms with E-state index in [1.807, 2.05) is 0 Å². The highest BCUT2D eigenvalue weighted by molar-refractivity contribution is 9.09. The molecule has 0 radical (unpaired) electrons. The van der Waals surface area contributed by atoms with E-state index >= 15 is 0 Å². The third-order valence-electron chi connectivity index (χ3n) is 3.38. The second kappa shape index (κ2) is 5.69. The van der Waals surface area contributed by atoms with Gasteiger partial charge in [0.2, 0.25) is 0 Å². The molecule has 4 nitrogen and oxygen atoms in total. The van der Waals surface area contributed by atoms with Crippen molar-refractivity contribution in [1.29, 1.82) is 0 Å². The molecule has 1 atom stereocenters. The highest BCUT2D eigenvalue weighted by Gasteiger charge is 2.27. The number of aromatic amines is 1. The van der Waals surface area contributed by atoms with E-state index < -0.39 is 0 Å². The zero-order valence-corrected chi connectivity index (χ0v) is 12.0. The molecular formula is C13H17BrN2O2. The number of hydrogen-bond donors (Lipinski definition) is 1. The van der Waals surface area contributed by atoms with Crippen molar-refractivity contribution in [2.75, 3.05) is 18.4 Å². The first-order chi connectivity index (χ1) is 8.61. The van der Waals surface area contributed by atoms with Gasteiger partial charge in [-0.05, 0) is 25.7 Å². The smallest absolute Gasteiger partial charge is 0.259 e. The van der Waals surface area contributed by atoms with Crippen molar-refractivity contribution in [3.63, 3.8) is 0 Å². The molecule has 1 unspecified atom stereocenters. The molecule has 18 heavy (non-hydrogen) atoms. The van der Waals surface area contributed by atoms with E-state index in [1.54, 1.807) is 11.8 Å². The Labute approximate surface area is 115 Å². The van der Waals surface area contributed by atoms with Gasteiger partial charge < -0.3 is 9.88 Å². The predicted octanol–water partition coefficient (Wildman–Crippen LogP) is 1.93. The molecule has 0 saturated carbocycles. The summed E-state index contributed by atoms with van der Waals surface area (Å²) in [4.78, 5) is 28.7. The van der Waals surface area contributed by atoms with Crippen molar-refractivity contribution in [2.24, 2.45) is 5.92 Å². The van der Waals surface area contributed by atoms with Crippen LogP contribution in [0.4, 0.5) is 0 Å². The van der Waals surface area contributed by atoms with E-state index in [2.05, 4.69) is 20.9 Å². The SMILES string of the molecule is Cc1cc(=O)c(C(=O)N2CCC(CCBr)C2)c[nH]1. The zero-order valence-electron chi connectivity index (χ0n) is 10.4. The van der Waals surface area contributed by atoms with E-state index in [4.69, 9.17) is 0 Å². The summed E-state index contributed by atoms with van der Waals surface area (Å²) >= 11 is 3.42. The second-order valence-corrected chi connectivity index (χ2v) is 5.57. The van der Waals surface area contributed by atoms with Gasteiger partial charge in [-0.15, -0.1) is 0 Å². The Balaban J connectivity index is 2.10. The first-order valence-electron chi connectivity index (χ1n) is 6.16. The van der Waals surface area contributed by atoms with Crippen LogP contribution in [0.1, 0.15) is 28.9 Å². The number of pyridine rings is 1. The summed E-state index contributed by atoms with van der Waals surface area (Å²) in [5.74, 6) is 0.408. The van der Waals surface area contributed by atoms with Gasteiger partial charge >= 0.3 is 0 Å². The van der Waals surface area contributed by atoms with Gasteiger partial charge in [0, 0.05) is 36.4 Å². The highest BCUT2D eigenvalue weighted by atomic mass is 79.9. The number of nitrogens with one attached hydrogen (secondary N) is 1. The Kier molecular flexibility index (Phi) is 4.22. The molecule has 1 saturated heterocycles. The monoisotopic (exact) mass is 312 g/mol. The Morgan fingerprint density at radius 1 is 1.61 bits per heavy atom. The van der Waals surface area contributed by atoms with E-state index in [0.29, 0.717) is 5.92 Å². The van der Waals surface area contributed by atoms with Crippen LogP contribution >= 0.6 is 15.9 Å². The van der Waals surface area contributed by atoms with E-state index in [1.165, 1.54) is 12.3 Å². The number of alkyl halides is 1. The van der Waals surface area contributed by atoms with Gasteiger partial charge in [-0.3, -0.25) is 9.59 Å². The molecule has 98 valence electrons. The van der Waals surface area contributed by atoms with Gasteiger partial charge in [0.1, 0.15) is 5.56 Å². The molecule has 1 amide bonds. The van der Waals surface area contributed by atoms with Crippen molar-refractivity contribution in [1.82, 2.24) is 9.88 Å². The Hall–Kier alpha value is -1.10. The number of H-pyrrole nitrogens is 1. The van der Waals surface area contributed by atoms with Crippen molar-refractivity contribution < 1.29 is 4.79 Å². The molecule has 2 heterocycles. The number of carbonyl (C=O) groups excluding carboxylic acids is 1. The average molecular weight is 313 g/mol. The number of rotatable bonds is 3. The minimum Gasteiger partial charge on any atom is -0.364 e. The Morgan fingerprint density at radius 2 is 2.39 bits per heavy atom. The van der Waals surface area contributed by atoms with Gasteiger partial charge in [-0.25, -0.2) is 0 Å². The standard InChI is InChI=1S/C13H17BrN2O2/c1-9-6-12(17)11(7-15-9)13(18)16-5-3-10(8-16)2-4-14/h6-7,10H,2-5,8H2,1H3,(H,15,17). The number of halogens is 1. The predicted molar refractivity (Wildman–Crippen MR) is 74.2 cm³/mol. The fraction of sp³-hybridized carbons (Fsp3) is 0.538. The minimum atomic E-state index is -0.194. The van der Waals surface area contributed by atoms with Gasteiger partial charge in [0.25, 0.3) is 5.91 Å². The summed E-state index contributed by atoms with van der Waals surface area (Å²) in [5.41, 5.74) is 0.829. The first kappa shape index (κ1) is 13.3. The first-order valence-corrected chi connectivity index (χ1v) is 7.28. The Morgan fingerprint density at radius 3 is 3.06 bits per heavy atom. The highest BCUT2D eigenvalue weighted by Crippen LogP contribution is 2.21. The molecule has 1 aromatic rings. The van der Waals surface area contributed by atoms with Crippen LogP contribution in [0.25, 0.3) is 0 Å². The van der Waals surface area contributed by atoms with E-state index in [-0.39, 0.29) is 16.9 Å². The minimum absolute atomic E-state index is 0.145. The molecule has 0 spiro atoms. The number of aromatic nitrogens is 1. The fourth-order valence-electron chi connectivity index (χ4n) is 2.32. The van der Waals surface area contributed by atoms with Gasteiger partial charge in [0.05, 0.1) is 0 Å². The molecule has 1 N–H and O–H groups in total. The van der Waals surface area contributed by atoms with Crippen molar-refractivity contribution >= 4 is 21.8 Å². The molecule has 1 fully saturated rings. The number of hydrogen-bond acceptors (Lipinski definition) is 2. The largest absolute Gasteiger partial charge is 0.364 e. The third-order valence-corrected chi connectivity index (χ3v) is 3.84. The lowest BCUT2D eigenvalue weighted by molar-refractivity contribution is 0.0785. The molecule has 1 aliphatic heterocycles. The molecule has 1 aromatic heterocycles. The summed E-state index contributed by atoms with van der Waals surface area (Å²) in [7, 11) is 0. The lowest BCUT2D eigenvalue weighted by atomic mass is 10.1. The number of carbonyl (C=O) groups is 1. The number of nitrogens with zero attached hydrogens (tertiary/aromatic N) is 1.